The van der Waals surface area contributed by atoms with Crippen LogP contribution in [0.4, 0.5) is 5.13 Å². The quantitative estimate of drug-likeness (QED) is 0.874. The number of anilines is 1. The number of thiazole rings is 1. The number of amides is 1. The van der Waals surface area contributed by atoms with E-state index in [0.717, 1.165) is 11.3 Å². The topological polar surface area (TPSA) is 63.2 Å². The molecule has 2 N–H and O–H groups in total. The van der Waals surface area contributed by atoms with Crippen molar-refractivity contribution in [2.24, 2.45) is 0 Å². The number of aryl methyl sites for hydroxylation is 2. The second-order valence-electron chi connectivity index (χ2n) is 5.83. The Morgan fingerprint density at radius 2 is 2.17 bits per heavy atom. The fraction of sp³-hybridized carbons (Fsp3) is 0.412. The second-order valence-corrected chi connectivity index (χ2v) is 6.69. The SMILES string of the molecule is Cc1ccc(-c2csc(NC(=O)[C@H]3NCCO[C@@H]3C)n2)cc1C.Cl. The largest absolute Gasteiger partial charge is 0.375 e. The zero-order valence-electron chi connectivity index (χ0n) is 14.0. The smallest absolute Gasteiger partial charge is 0.245 e. The van der Waals surface area contributed by atoms with Gasteiger partial charge in [0.05, 0.1) is 18.4 Å². The molecule has 0 bridgehead atoms. The molecule has 1 aliphatic rings. The molecule has 1 saturated heterocycles. The lowest BCUT2D eigenvalue weighted by Gasteiger charge is -2.28. The van der Waals surface area contributed by atoms with Gasteiger partial charge in [-0.15, -0.1) is 23.7 Å². The van der Waals surface area contributed by atoms with Crippen molar-refractivity contribution in [3.63, 3.8) is 0 Å². The van der Waals surface area contributed by atoms with Gasteiger partial charge in [-0.2, -0.15) is 0 Å². The number of halogens is 1. The molecule has 0 spiro atoms. The van der Waals surface area contributed by atoms with Gasteiger partial charge in [0, 0.05) is 17.5 Å². The third-order valence-electron chi connectivity index (χ3n) is 4.14. The van der Waals surface area contributed by atoms with Gasteiger partial charge in [-0.3, -0.25) is 4.79 Å². The molecule has 5 nitrogen and oxygen atoms in total. The number of carbonyl (C=O) groups is 1. The van der Waals surface area contributed by atoms with E-state index >= 15 is 0 Å². The predicted octanol–water partition coefficient (Wildman–Crippen LogP) is 3.16. The fourth-order valence-corrected chi connectivity index (χ4v) is 3.30. The van der Waals surface area contributed by atoms with Crippen LogP contribution in [0.5, 0.6) is 0 Å². The number of nitrogens with one attached hydrogen (secondary N) is 2. The Balaban J connectivity index is 0.00000208. The van der Waals surface area contributed by atoms with E-state index in [1.807, 2.05) is 12.3 Å². The van der Waals surface area contributed by atoms with Crippen LogP contribution in [-0.2, 0) is 9.53 Å². The molecule has 2 aromatic rings. The molecule has 0 saturated carbocycles. The van der Waals surface area contributed by atoms with E-state index in [1.165, 1.54) is 22.5 Å². The van der Waals surface area contributed by atoms with Crippen LogP contribution in [0.15, 0.2) is 23.6 Å². The Labute approximate surface area is 152 Å². The Morgan fingerprint density at radius 1 is 1.38 bits per heavy atom. The molecule has 1 aliphatic heterocycles. The van der Waals surface area contributed by atoms with Gasteiger partial charge in [0.25, 0.3) is 0 Å². The first kappa shape index (κ1) is 18.9. The van der Waals surface area contributed by atoms with Crippen LogP contribution in [0.2, 0.25) is 0 Å². The maximum atomic E-state index is 12.3. The van der Waals surface area contributed by atoms with Crippen molar-refractivity contribution in [2.75, 3.05) is 18.5 Å². The second kappa shape index (κ2) is 8.07. The van der Waals surface area contributed by atoms with Crippen LogP contribution >= 0.6 is 23.7 Å². The first-order valence-electron chi connectivity index (χ1n) is 7.73. The number of aromatic nitrogens is 1. The number of nitrogens with zero attached hydrogens (tertiary/aromatic N) is 1. The monoisotopic (exact) mass is 367 g/mol. The maximum Gasteiger partial charge on any atom is 0.245 e. The van der Waals surface area contributed by atoms with Gasteiger partial charge in [0.15, 0.2) is 5.13 Å². The van der Waals surface area contributed by atoms with E-state index in [-0.39, 0.29) is 30.5 Å². The van der Waals surface area contributed by atoms with Crippen LogP contribution in [0.25, 0.3) is 11.3 Å². The molecule has 2 atom stereocenters. The molecule has 130 valence electrons. The standard InChI is InChI=1S/C17H21N3O2S.ClH/c1-10-4-5-13(8-11(10)2)14-9-23-17(19-14)20-16(21)15-12(3)22-7-6-18-15;/h4-5,8-9,12,15,18H,6-7H2,1-3H3,(H,19,20,21);1H/t12-,15+;/m1./s1. The molecule has 0 aliphatic carbocycles. The van der Waals surface area contributed by atoms with E-state index in [2.05, 4.69) is 47.7 Å². The molecular weight excluding hydrogens is 346 g/mol. The van der Waals surface area contributed by atoms with Crippen molar-refractivity contribution in [1.29, 1.82) is 0 Å². The highest BCUT2D eigenvalue weighted by Gasteiger charge is 2.28. The van der Waals surface area contributed by atoms with Crippen molar-refractivity contribution < 1.29 is 9.53 Å². The van der Waals surface area contributed by atoms with Crippen LogP contribution in [0, 0.1) is 13.8 Å². The van der Waals surface area contributed by atoms with Crippen LogP contribution in [0.1, 0.15) is 18.1 Å². The average Bonchev–Trinajstić information content (AvgIpc) is 2.99. The molecule has 0 unspecified atom stereocenters. The summed E-state index contributed by atoms with van der Waals surface area (Å²) in [6, 6.07) is 5.93. The summed E-state index contributed by atoms with van der Waals surface area (Å²) < 4.78 is 5.51. The van der Waals surface area contributed by atoms with Crippen molar-refractivity contribution in [1.82, 2.24) is 10.3 Å². The molecule has 2 heterocycles. The van der Waals surface area contributed by atoms with E-state index in [1.54, 1.807) is 0 Å². The highest BCUT2D eigenvalue weighted by atomic mass is 35.5. The van der Waals surface area contributed by atoms with Gasteiger partial charge in [-0.1, -0.05) is 12.1 Å². The Kier molecular flexibility index (Phi) is 6.34. The van der Waals surface area contributed by atoms with Crippen molar-refractivity contribution in [3.8, 4) is 11.3 Å². The summed E-state index contributed by atoms with van der Waals surface area (Å²) in [6.45, 7) is 7.41. The lowest BCUT2D eigenvalue weighted by Crippen LogP contribution is -2.53. The summed E-state index contributed by atoms with van der Waals surface area (Å²) in [5.41, 5.74) is 4.44. The molecule has 3 rings (SSSR count). The Bertz CT molecular complexity index is 720. The van der Waals surface area contributed by atoms with E-state index in [0.29, 0.717) is 18.3 Å². The molecule has 0 radical (unpaired) electrons. The summed E-state index contributed by atoms with van der Waals surface area (Å²) in [6.07, 6.45) is -0.136. The molecule has 24 heavy (non-hydrogen) atoms. The number of benzene rings is 1. The Hall–Kier alpha value is -1.47. The summed E-state index contributed by atoms with van der Waals surface area (Å²) in [5, 5.41) is 8.64. The average molecular weight is 368 g/mol. The summed E-state index contributed by atoms with van der Waals surface area (Å²) in [5.74, 6) is -0.0989. The van der Waals surface area contributed by atoms with E-state index in [4.69, 9.17) is 4.74 Å². The maximum absolute atomic E-state index is 12.3. The number of hydrogen-bond acceptors (Lipinski definition) is 5. The molecule has 1 amide bonds. The molecule has 1 fully saturated rings. The van der Waals surface area contributed by atoms with Gasteiger partial charge in [-0.05, 0) is 38.0 Å². The van der Waals surface area contributed by atoms with Crippen molar-refractivity contribution >= 4 is 34.8 Å². The van der Waals surface area contributed by atoms with Crippen LogP contribution < -0.4 is 10.6 Å². The van der Waals surface area contributed by atoms with Crippen molar-refractivity contribution in [2.45, 2.75) is 32.9 Å². The van der Waals surface area contributed by atoms with Gasteiger partial charge < -0.3 is 15.4 Å². The van der Waals surface area contributed by atoms with Crippen LogP contribution in [0.3, 0.4) is 0 Å². The number of ether oxygens (including phenoxy) is 1. The van der Waals surface area contributed by atoms with E-state index in [9.17, 15) is 4.79 Å². The van der Waals surface area contributed by atoms with Crippen molar-refractivity contribution in [3.05, 3.63) is 34.7 Å². The third kappa shape index (κ3) is 4.13. The minimum Gasteiger partial charge on any atom is -0.375 e. The zero-order chi connectivity index (χ0) is 16.4. The highest BCUT2D eigenvalue weighted by molar-refractivity contribution is 7.14. The van der Waals surface area contributed by atoms with Gasteiger partial charge in [-0.25, -0.2) is 4.98 Å². The lowest BCUT2D eigenvalue weighted by molar-refractivity contribution is -0.123. The zero-order valence-corrected chi connectivity index (χ0v) is 15.6. The minimum absolute atomic E-state index is 0. The minimum atomic E-state index is -0.335. The lowest BCUT2D eigenvalue weighted by atomic mass is 10.1. The molecule has 1 aromatic heterocycles. The highest BCUT2D eigenvalue weighted by Crippen LogP contribution is 2.26. The first-order chi connectivity index (χ1) is 11.0. The molecule has 1 aromatic carbocycles. The normalized spacial score (nSPS) is 20.3. The molecular formula is C17H22ClN3O2S. The Morgan fingerprint density at radius 3 is 2.88 bits per heavy atom. The van der Waals surface area contributed by atoms with Crippen LogP contribution in [-0.4, -0.2) is 36.2 Å². The van der Waals surface area contributed by atoms with Gasteiger partial charge in [0.2, 0.25) is 5.91 Å². The number of carbonyl (C=O) groups excluding carboxylic acids is 1. The van der Waals surface area contributed by atoms with E-state index < -0.39 is 0 Å². The van der Waals surface area contributed by atoms with Gasteiger partial charge >= 0.3 is 0 Å². The third-order valence-corrected chi connectivity index (χ3v) is 4.89. The number of hydrogen-bond donors (Lipinski definition) is 2. The predicted molar refractivity (Wildman–Crippen MR) is 100 cm³/mol. The summed E-state index contributed by atoms with van der Waals surface area (Å²) in [7, 11) is 0. The van der Waals surface area contributed by atoms with Gasteiger partial charge in [0.1, 0.15) is 6.04 Å². The molecule has 7 heteroatoms. The summed E-state index contributed by atoms with van der Waals surface area (Å²) >= 11 is 1.44. The number of rotatable bonds is 3. The fourth-order valence-electron chi connectivity index (χ4n) is 2.57. The number of morpholine rings is 1. The summed E-state index contributed by atoms with van der Waals surface area (Å²) in [4.78, 5) is 16.9. The first-order valence-corrected chi connectivity index (χ1v) is 8.61.